The summed E-state index contributed by atoms with van der Waals surface area (Å²) >= 11 is 5.78. The van der Waals surface area contributed by atoms with Crippen molar-refractivity contribution in [1.82, 2.24) is 5.32 Å². The van der Waals surface area contributed by atoms with E-state index < -0.39 is 0 Å². The smallest absolute Gasteiger partial charge is 0.0511 e. The van der Waals surface area contributed by atoms with Crippen LogP contribution in [0.1, 0.15) is 19.4 Å². The van der Waals surface area contributed by atoms with E-state index in [2.05, 4.69) is 58.2 Å². The van der Waals surface area contributed by atoms with E-state index in [9.17, 15) is 0 Å². The lowest BCUT2D eigenvalue weighted by Crippen LogP contribution is -2.32. The molecule has 0 bridgehead atoms. The highest BCUT2D eigenvalue weighted by molar-refractivity contribution is 9.10. The topological polar surface area (TPSA) is 15.3 Å². The summed E-state index contributed by atoms with van der Waals surface area (Å²) < 4.78 is 1.23. The van der Waals surface area contributed by atoms with Crippen molar-refractivity contribution in [3.8, 4) is 0 Å². The molecule has 1 fully saturated rings. The van der Waals surface area contributed by atoms with Gasteiger partial charge in [0.05, 0.1) is 5.69 Å². The molecule has 0 aliphatic carbocycles. The van der Waals surface area contributed by atoms with E-state index in [0.717, 1.165) is 26.2 Å². The first-order valence-corrected chi connectivity index (χ1v) is 8.93. The average molecular weight is 343 g/mol. The zero-order valence-electron chi connectivity index (χ0n) is 11.8. The molecule has 2 nitrogen and oxygen atoms in total. The molecule has 0 saturated carbocycles. The minimum Gasteiger partial charge on any atom is -0.369 e. The largest absolute Gasteiger partial charge is 0.369 e. The fourth-order valence-electron chi connectivity index (χ4n) is 2.23. The predicted octanol–water partition coefficient (Wildman–Crippen LogP) is 3.75. The van der Waals surface area contributed by atoms with Gasteiger partial charge in [-0.25, -0.2) is 0 Å². The number of nitrogens with zero attached hydrogens (tertiary/aromatic N) is 1. The number of hydrogen-bond donors (Lipinski definition) is 1. The zero-order chi connectivity index (χ0) is 13.7. The first kappa shape index (κ1) is 15.2. The molecule has 0 unspecified atom stereocenters. The predicted molar refractivity (Wildman–Crippen MR) is 90.2 cm³/mol. The second-order valence-corrected chi connectivity index (χ2v) is 7.49. The molecule has 1 N–H and O–H groups in total. The van der Waals surface area contributed by atoms with Crippen LogP contribution in [0.5, 0.6) is 0 Å². The van der Waals surface area contributed by atoms with E-state index in [1.807, 2.05) is 11.8 Å². The summed E-state index contributed by atoms with van der Waals surface area (Å²) in [5.74, 6) is 3.18. The van der Waals surface area contributed by atoms with Gasteiger partial charge in [0.2, 0.25) is 0 Å². The monoisotopic (exact) mass is 342 g/mol. The highest BCUT2D eigenvalue weighted by Crippen LogP contribution is 2.29. The fraction of sp³-hybridized carbons (Fsp3) is 0.600. The molecule has 0 radical (unpaired) electrons. The number of anilines is 1. The van der Waals surface area contributed by atoms with Crippen molar-refractivity contribution in [1.29, 1.82) is 0 Å². The number of thioether (sulfide) groups is 1. The normalized spacial score (nSPS) is 16.1. The summed E-state index contributed by atoms with van der Waals surface area (Å²) in [6.45, 7) is 8.82. The summed E-state index contributed by atoms with van der Waals surface area (Å²) in [6, 6.07) is 6.76. The van der Waals surface area contributed by atoms with E-state index in [1.54, 1.807) is 0 Å². The maximum atomic E-state index is 3.73. The minimum atomic E-state index is 0.702. The Bertz CT molecular complexity index is 403. The van der Waals surface area contributed by atoms with Crippen molar-refractivity contribution >= 4 is 33.4 Å². The van der Waals surface area contributed by atoms with Crippen LogP contribution < -0.4 is 10.2 Å². The molecule has 4 heteroatoms. The Balaban J connectivity index is 1.96. The number of halogens is 1. The highest BCUT2D eigenvalue weighted by atomic mass is 79.9. The van der Waals surface area contributed by atoms with Crippen molar-refractivity contribution in [3.05, 3.63) is 28.2 Å². The zero-order valence-corrected chi connectivity index (χ0v) is 14.2. The van der Waals surface area contributed by atoms with Gasteiger partial charge in [-0.3, -0.25) is 0 Å². The second kappa shape index (κ2) is 7.55. The number of hydrogen-bond acceptors (Lipinski definition) is 3. The van der Waals surface area contributed by atoms with Crippen molar-refractivity contribution in [2.45, 2.75) is 20.4 Å². The SMILES string of the molecule is CC(C)CNCc1ccc(N2CCSCC2)c(Br)c1. The van der Waals surface area contributed by atoms with E-state index in [0.29, 0.717) is 5.92 Å². The Labute approximate surface area is 129 Å². The first-order valence-electron chi connectivity index (χ1n) is 6.98. The molecule has 106 valence electrons. The summed E-state index contributed by atoms with van der Waals surface area (Å²) in [5, 5.41) is 3.49. The van der Waals surface area contributed by atoms with Gasteiger partial charge in [0.15, 0.2) is 0 Å². The first-order chi connectivity index (χ1) is 9.16. The lowest BCUT2D eigenvalue weighted by atomic mass is 10.1. The van der Waals surface area contributed by atoms with E-state index in [-0.39, 0.29) is 0 Å². The van der Waals surface area contributed by atoms with Crippen molar-refractivity contribution < 1.29 is 0 Å². The van der Waals surface area contributed by atoms with Crippen LogP contribution in [0.25, 0.3) is 0 Å². The molecule has 19 heavy (non-hydrogen) atoms. The molecule has 1 aromatic rings. The molecule has 0 amide bonds. The fourth-order valence-corrected chi connectivity index (χ4v) is 3.81. The van der Waals surface area contributed by atoms with Crippen molar-refractivity contribution in [3.63, 3.8) is 0 Å². The molecule has 1 aliphatic rings. The third-order valence-electron chi connectivity index (χ3n) is 3.25. The summed E-state index contributed by atoms with van der Waals surface area (Å²) in [7, 11) is 0. The van der Waals surface area contributed by atoms with Gasteiger partial charge in [0, 0.05) is 35.6 Å². The number of nitrogens with one attached hydrogen (secondary N) is 1. The molecule has 0 atom stereocenters. The van der Waals surface area contributed by atoms with Crippen LogP contribution in [-0.2, 0) is 6.54 Å². The molecule has 2 rings (SSSR count). The van der Waals surface area contributed by atoms with Crippen LogP contribution in [0.3, 0.4) is 0 Å². The second-order valence-electron chi connectivity index (χ2n) is 5.41. The van der Waals surface area contributed by atoms with E-state index in [1.165, 1.54) is 27.2 Å². The lowest BCUT2D eigenvalue weighted by molar-refractivity contribution is 0.552. The summed E-state index contributed by atoms with van der Waals surface area (Å²) in [4.78, 5) is 2.48. The maximum Gasteiger partial charge on any atom is 0.0511 e. The van der Waals surface area contributed by atoms with Crippen molar-refractivity contribution in [2.24, 2.45) is 5.92 Å². The Morgan fingerprint density at radius 3 is 2.68 bits per heavy atom. The Morgan fingerprint density at radius 1 is 1.32 bits per heavy atom. The van der Waals surface area contributed by atoms with Gasteiger partial charge in [-0.2, -0.15) is 11.8 Å². The van der Waals surface area contributed by atoms with E-state index in [4.69, 9.17) is 0 Å². The summed E-state index contributed by atoms with van der Waals surface area (Å²) in [6.07, 6.45) is 0. The van der Waals surface area contributed by atoms with E-state index >= 15 is 0 Å². The third kappa shape index (κ3) is 4.69. The molecule has 1 aromatic carbocycles. The van der Waals surface area contributed by atoms with Crippen LogP contribution in [-0.4, -0.2) is 31.1 Å². The third-order valence-corrected chi connectivity index (χ3v) is 4.82. The van der Waals surface area contributed by atoms with Gasteiger partial charge in [-0.15, -0.1) is 0 Å². The van der Waals surface area contributed by atoms with Crippen LogP contribution >= 0.6 is 27.7 Å². The van der Waals surface area contributed by atoms with Gasteiger partial charge in [-0.1, -0.05) is 19.9 Å². The Kier molecular flexibility index (Phi) is 6.05. The minimum absolute atomic E-state index is 0.702. The number of benzene rings is 1. The van der Waals surface area contributed by atoms with Crippen LogP contribution in [0.2, 0.25) is 0 Å². The van der Waals surface area contributed by atoms with Gasteiger partial charge in [0.25, 0.3) is 0 Å². The standard InChI is InChI=1S/C15H23BrN2S/c1-12(2)10-17-11-13-3-4-15(14(16)9-13)18-5-7-19-8-6-18/h3-4,9,12,17H,5-8,10-11H2,1-2H3. The van der Waals surface area contributed by atoms with Gasteiger partial charge in [0.1, 0.15) is 0 Å². The van der Waals surface area contributed by atoms with Crippen LogP contribution in [0.4, 0.5) is 5.69 Å². The highest BCUT2D eigenvalue weighted by Gasteiger charge is 2.13. The molecular formula is C15H23BrN2S. The quantitative estimate of drug-likeness (QED) is 0.877. The Hall–Kier alpha value is -0.190. The summed E-state index contributed by atoms with van der Waals surface area (Å²) in [5.41, 5.74) is 2.69. The van der Waals surface area contributed by atoms with Gasteiger partial charge >= 0.3 is 0 Å². The van der Waals surface area contributed by atoms with Crippen LogP contribution in [0, 0.1) is 5.92 Å². The van der Waals surface area contributed by atoms with Crippen molar-refractivity contribution in [2.75, 3.05) is 36.0 Å². The molecule has 0 aromatic heterocycles. The molecular weight excluding hydrogens is 320 g/mol. The molecule has 0 spiro atoms. The maximum absolute atomic E-state index is 3.73. The van der Waals surface area contributed by atoms with Crippen LogP contribution in [0.15, 0.2) is 22.7 Å². The lowest BCUT2D eigenvalue weighted by Gasteiger charge is -2.29. The van der Waals surface area contributed by atoms with Gasteiger partial charge < -0.3 is 10.2 Å². The van der Waals surface area contributed by atoms with Gasteiger partial charge in [-0.05, 0) is 46.1 Å². The average Bonchev–Trinajstić information content (AvgIpc) is 2.39. The number of rotatable bonds is 5. The Morgan fingerprint density at radius 2 is 2.05 bits per heavy atom. The molecule has 1 heterocycles. The molecule has 1 saturated heterocycles. The molecule has 1 aliphatic heterocycles.